The SMILES string of the molecule is Cc1ccccc1NS(=O)(=O)c1ccc(C(=O)NNC(=O)c2cccc(S(=O)(=O)Nc3ccc(Cl)cc3)c2)cc1. The van der Waals surface area contributed by atoms with Gasteiger partial charge >= 0.3 is 0 Å². The van der Waals surface area contributed by atoms with Crippen LogP contribution in [0.25, 0.3) is 0 Å². The number of aryl methyl sites for hydroxylation is 1. The fourth-order valence-electron chi connectivity index (χ4n) is 3.47. The monoisotopic (exact) mass is 598 g/mol. The van der Waals surface area contributed by atoms with Crippen molar-refractivity contribution in [1.29, 1.82) is 0 Å². The highest BCUT2D eigenvalue weighted by Gasteiger charge is 2.18. The third-order valence-corrected chi connectivity index (χ3v) is 8.62. The Hall–Kier alpha value is -4.39. The Morgan fingerprint density at radius 1 is 0.625 bits per heavy atom. The predicted molar refractivity (Wildman–Crippen MR) is 152 cm³/mol. The topological polar surface area (TPSA) is 151 Å². The first-order valence-electron chi connectivity index (χ1n) is 11.6. The summed E-state index contributed by atoms with van der Waals surface area (Å²) in [5, 5.41) is 0.444. The molecule has 0 aliphatic heterocycles. The molecule has 0 fully saturated rings. The molecule has 4 aromatic carbocycles. The van der Waals surface area contributed by atoms with E-state index in [1.165, 1.54) is 66.7 Å². The number of para-hydroxylation sites is 1. The minimum absolute atomic E-state index is 0.0250. The zero-order chi connectivity index (χ0) is 28.9. The number of nitrogens with one attached hydrogen (secondary N) is 4. The van der Waals surface area contributed by atoms with Crippen LogP contribution in [-0.4, -0.2) is 28.6 Å². The molecule has 0 saturated carbocycles. The summed E-state index contributed by atoms with van der Waals surface area (Å²) in [4.78, 5) is 24.9. The number of hydrazine groups is 1. The van der Waals surface area contributed by atoms with Gasteiger partial charge in [-0.05, 0) is 85.3 Å². The lowest BCUT2D eigenvalue weighted by Crippen LogP contribution is -2.41. The van der Waals surface area contributed by atoms with E-state index in [4.69, 9.17) is 11.6 Å². The van der Waals surface area contributed by atoms with Crippen molar-refractivity contribution < 1.29 is 26.4 Å². The van der Waals surface area contributed by atoms with Gasteiger partial charge in [0.1, 0.15) is 0 Å². The van der Waals surface area contributed by atoms with Crippen LogP contribution < -0.4 is 20.3 Å². The molecule has 0 unspecified atom stereocenters. The third kappa shape index (κ3) is 6.97. The van der Waals surface area contributed by atoms with Crippen molar-refractivity contribution in [3.8, 4) is 0 Å². The standard InChI is InChI=1S/C27H23ClN4O6S2/c1-18-5-2-3-8-25(18)32-39(35,36)23-15-9-19(10-16-23)26(33)29-30-27(34)20-6-4-7-24(17-20)40(37,38)31-22-13-11-21(28)12-14-22/h2-17,31-32H,1H3,(H,29,33)(H,30,34). The van der Waals surface area contributed by atoms with Crippen LogP contribution in [0.3, 0.4) is 0 Å². The molecule has 0 saturated heterocycles. The molecule has 0 spiro atoms. The van der Waals surface area contributed by atoms with E-state index in [0.29, 0.717) is 10.7 Å². The first-order chi connectivity index (χ1) is 18.9. The summed E-state index contributed by atoms with van der Waals surface area (Å²) in [5.41, 5.74) is 5.97. The smallest absolute Gasteiger partial charge is 0.269 e. The average Bonchev–Trinajstić information content (AvgIpc) is 2.94. The predicted octanol–water partition coefficient (Wildman–Crippen LogP) is 4.32. The molecule has 4 N–H and O–H groups in total. The minimum atomic E-state index is -4.01. The van der Waals surface area contributed by atoms with E-state index in [0.717, 1.165) is 11.6 Å². The zero-order valence-electron chi connectivity index (χ0n) is 20.9. The molecule has 2 amide bonds. The Bertz CT molecular complexity index is 1780. The summed E-state index contributed by atoms with van der Waals surface area (Å²) < 4.78 is 55.8. The van der Waals surface area contributed by atoms with E-state index in [2.05, 4.69) is 20.3 Å². The van der Waals surface area contributed by atoms with Crippen molar-refractivity contribution in [1.82, 2.24) is 10.9 Å². The van der Waals surface area contributed by atoms with Crippen LogP contribution in [0.5, 0.6) is 0 Å². The maximum absolute atomic E-state index is 12.7. The van der Waals surface area contributed by atoms with Crippen LogP contribution in [0.4, 0.5) is 11.4 Å². The number of halogens is 1. The van der Waals surface area contributed by atoms with Gasteiger partial charge in [0.2, 0.25) is 0 Å². The molecule has 0 radical (unpaired) electrons. The number of hydrogen-bond acceptors (Lipinski definition) is 6. The molecular formula is C27H23ClN4O6S2. The van der Waals surface area contributed by atoms with E-state index in [1.807, 2.05) is 0 Å². The molecule has 0 heterocycles. The third-order valence-electron chi connectivity index (χ3n) is 5.61. The van der Waals surface area contributed by atoms with Crippen molar-refractivity contribution in [2.24, 2.45) is 0 Å². The van der Waals surface area contributed by atoms with Crippen LogP contribution in [0.1, 0.15) is 26.3 Å². The van der Waals surface area contributed by atoms with Gasteiger partial charge in [0, 0.05) is 21.8 Å². The minimum Gasteiger partial charge on any atom is -0.280 e. The molecule has 40 heavy (non-hydrogen) atoms. The number of anilines is 2. The molecule has 0 bridgehead atoms. The molecule has 206 valence electrons. The summed E-state index contributed by atoms with van der Waals surface area (Å²) in [6.07, 6.45) is 0. The Morgan fingerprint density at radius 2 is 1.23 bits per heavy atom. The van der Waals surface area contributed by atoms with E-state index in [1.54, 1.807) is 31.2 Å². The summed E-state index contributed by atoms with van der Waals surface area (Å²) in [6.45, 7) is 1.77. The van der Waals surface area contributed by atoms with E-state index >= 15 is 0 Å². The highest BCUT2D eigenvalue weighted by molar-refractivity contribution is 7.93. The molecule has 0 atom stereocenters. The number of amides is 2. The number of rotatable bonds is 8. The first kappa shape index (κ1) is 28.6. The van der Waals surface area contributed by atoms with Crippen LogP contribution >= 0.6 is 11.6 Å². The van der Waals surface area contributed by atoms with E-state index < -0.39 is 31.9 Å². The zero-order valence-corrected chi connectivity index (χ0v) is 23.3. The lowest BCUT2D eigenvalue weighted by atomic mass is 10.2. The quantitative estimate of drug-likeness (QED) is 0.222. The summed E-state index contributed by atoms with van der Waals surface area (Å²) in [7, 11) is -7.90. The lowest BCUT2D eigenvalue weighted by Gasteiger charge is -2.12. The highest BCUT2D eigenvalue weighted by atomic mass is 35.5. The van der Waals surface area contributed by atoms with Gasteiger partial charge in [0.05, 0.1) is 15.5 Å². The second kappa shape index (κ2) is 11.8. The van der Waals surface area contributed by atoms with Crippen molar-refractivity contribution >= 4 is 54.8 Å². The molecule has 0 aromatic heterocycles. The van der Waals surface area contributed by atoms with Gasteiger partial charge in [-0.1, -0.05) is 35.9 Å². The molecule has 4 rings (SSSR count). The lowest BCUT2D eigenvalue weighted by molar-refractivity contribution is 0.0846. The second-order valence-corrected chi connectivity index (χ2v) is 12.3. The maximum atomic E-state index is 12.7. The summed E-state index contributed by atoms with van der Waals surface area (Å²) in [6, 6.07) is 23.3. The van der Waals surface area contributed by atoms with Crippen LogP contribution in [-0.2, 0) is 20.0 Å². The van der Waals surface area contributed by atoms with Gasteiger partial charge < -0.3 is 0 Å². The Labute approximate surface area is 236 Å². The van der Waals surface area contributed by atoms with Crippen molar-refractivity contribution in [2.75, 3.05) is 9.44 Å². The fourth-order valence-corrected chi connectivity index (χ4v) is 5.83. The molecule has 4 aromatic rings. The highest BCUT2D eigenvalue weighted by Crippen LogP contribution is 2.21. The number of carbonyl (C=O) groups excluding carboxylic acids is 2. The van der Waals surface area contributed by atoms with Crippen molar-refractivity contribution in [2.45, 2.75) is 16.7 Å². The molecule has 0 aliphatic carbocycles. The average molecular weight is 599 g/mol. The summed E-state index contributed by atoms with van der Waals surface area (Å²) in [5.74, 6) is -1.48. The normalized spacial score (nSPS) is 11.3. The largest absolute Gasteiger partial charge is 0.280 e. The Balaban J connectivity index is 1.39. The van der Waals surface area contributed by atoms with Gasteiger partial charge in [-0.2, -0.15) is 0 Å². The molecule has 13 heteroatoms. The van der Waals surface area contributed by atoms with Gasteiger partial charge in [-0.3, -0.25) is 29.9 Å². The molecular weight excluding hydrogens is 576 g/mol. The number of sulfonamides is 2. The molecule has 0 aliphatic rings. The van der Waals surface area contributed by atoms with Gasteiger partial charge in [0.25, 0.3) is 31.9 Å². The maximum Gasteiger partial charge on any atom is 0.269 e. The van der Waals surface area contributed by atoms with Crippen LogP contribution in [0.15, 0.2) is 107 Å². The Morgan fingerprint density at radius 3 is 1.88 bits per heavy atom. The molecule has 10 nitrogen and oxygen atoms in total. The number of benzene rings is 4. The van der Waals surface area contributed by atoms with E-state index in [9.17, 15) is 26.4 Å². The van der Waals surface area contributed by atoms with Crippen LogP contribution in [0, 0.1) is 6.92 Å². The second-order valence-electron chi connectivity index (χ2n) is 8.49. The number of hydrogen-bond donors (Lipinski definition) is 4. The fraction of sp³-hybridized carbons (Fsp3) is 0.0370. The van der Waals surface area contributed by atoms with Crippen LogP contribution in [0.2, 0.25) is 5.02 Å². The summed E-state index contributed by atoms with van der Waals surface area (Å²) >= 11 is 5.83. The van der Waals surface area contributed by atoms with Gasteiger partial charge in [-0.25, -0.2) is 16.8 Å². The van der Waals surface area contributed by atoms with Gasteiger partial charge in [-0.15, -0.1) is 0 Å². The van der Waals surface area contributed by atoms with E-state index in [-0.39, 0.29) is 26.6 Å². The number of carbonyl (C=O) groups is 2. The van der Waals surface area contributed by atoms with Gasteiger partial charge in [0.15, 0.2) is 0 Å². The van der Waals surface area contributed by atoms with Crippen molar-refractivity contribution in [3.05, 3.63) is 119 Å². The Kier molecular flexibility index (Phi) is 8.43. The first-order valence-corrected chi connectivity index (χ1v) is 15.0. The van der Waals surface area contributed by atoms with Crippen molar-refractivity contribution in [3.63, 3.8) is 0 Å².